The van der Waals surface area contributed by atoms with Crippen molar-refractivity contribution in [1.82, 2.24) is 10.3 Å². The Hall–Kier alpha value is -3.00. The maximum Gasteiger partial charge on any atom is 0.265 e. The van der Waals surface area contributed by atoms with E-state index < -0.39 is 6.17 Å². The number of aromatic nitrogens is 1. The Labute approximate surface area is 153 Å². The van der Waals surface area contributed by atoms with E-state index in [1.807, 2.05) is 19.9 Å². The second kappa shape index (κ2) is 5.77. The third kappa shape index (κ3) is 2.41. The van der Waals surface area contributed by atoms with Gasteiger partial charge in [-0.15, -0.1) is 11.3 Å². The molecule has 7 nitrogen and oxygen atoms in total. The first-order valence-electron chi connectivity index (χ1n) is 7.97. The van der Waals surface area contributed by atoms with E-state index in [4.69, 9.17) is 4.74 Å². The first-order valence-corrected chi connectivity index (χ1v) is 8.78. The van der Waals surface area contributed by atoms with Crippen LogP contribution in [0.5, 0.6) is 17.2 Å². The Morgan fingerprint density at radius 2 is 1.96 bits per heavy atom. The number of nitrogens with zero attached hydrogens (tertiary/aromatic N) is 1. The van der Waals surface area contributed by atoms with Crippen LogP contribution in [0, 0.1) is 13.8 Å². The number of methoxy groups -OCH3 is 1. The van der Waals surface area contributed by atoms with Gasteiger partial charge in [0, 0.05) is 16.6 Å². The smallest absolute Gasteiger partial charge is 0.265 e. The average Bonchev–Trinajstić information content (AvgIpc) is 2.96. The van der Waals surface area contributed by atoms with E-state index in [2.05, 4.69) is 15.6 Å². The van der Waals surface area contributed by atoms with E-state index in [1.165, 1.54) is 24.5 Å². The molecule has 4 rings (SSSR count). The van der Waals surface area contributed by atoms with Gasteiger partial charge in [0.15, 0.2) is 11.5 Å². The number of rotatable bonds is 2. The number of aryl methyl sites for hydroxylation is 2. The summed E-state index contributed by atoms with van der Waals surface area (Å²) in [6.07, 6.45) is -0.575. The van der Waals surface area contributed by atoms with Crippen molar-refractivity contribution in [3.05, 3.63) is 39.9 Å². The van der Waals surface area contributed by atoms with Gasteiger partial charge < -0.3 is 25.6 Å². The molecule has 1 atom stereocenters. The molecule has 0 spiro atoms. The molecular formula is C18H17N3O4S. The van der Waals surface area contributed by atoms with Crippen molar-refractivity contribution in [2.24, 2.45) is 0 Å². The van der Waals surface area contributed by atoms with Gasteiger partial charge in [-0.1, -0.05) is 0 Å². The SMILES string of the molecule is COc1cc([C@@H]2NC(=O)c3sc4nc(C)cc(C)c4c3N2)cc(O)c1O. The Morgan fingerprint density at radius 1 is 1.19 bits per heavy atom. The number of fused-ring (bicyclic) bond motifs is 3. The fourth-order valence-corrected chi connectivity index (χ4v) is 4.38. The van der Waals surface area contributed by atoms with Crippen LogP contribution >= 0.6 is 11.3 Å². The first kappa shape index (κ1) is 16.5. The molecular weight excluding hydrogens is 354 g/mol. The number of phenols is 2. The number of pyridine rings is 1. The zero-order chi connectivity index (χ0) is 18.6. The van der Waals surface area contributed by atoms with Crippen LogP contribution in [0.4, 0.5) is 5.69 Å². The highest BCUT2D eigenvalue weighted by atomic mass is 32.1. The van der Waals surface area contributed by atoms with Crippen molar-refractivity contribution >= 4 is 33.1 Å². The third-order valence-corrected chi connectivity index (χ3v) is 5.47. The molecule has 134 valence electrons. The van der Waals surface area contributed by atoms with Crippen LogP contribution in [0.2, 0.25) is 0 Å². The summed E-state index contributed by atoms with van der Waals surface area (Å²) in [5, 5.41) is 26.8. The van der Waals surface area contributed by atoms with Crippen LogP contribution < -0.4 is 15.4 Å². The van der Waals surface area contributed by atoms with E-state index in [0.717, 1.165) is 27.2 Å². The van der Waals surface area contributed by atoms with Gasteiger partial charge in [0.25, 0.3) is 5.91 Å². The third-order valence-electron chi connectivity index (χ3n) is 4.39. The minimum absolute atomic E-state index is 0.130. The maximum atomic E-state index is 12.6. The van der Waals surface area contributed by atoms with Gasteiger partial charge in [-0.3, -0.25) is 4.79 Å². The van der Waals surface area contributed by atoms with Gasteiger partial charge in [0.05, 0.1) is 12.8 Å². The normalized spacial score (nSPS) is 16.1. The highest BCUT2D eigenvalue weighted by molar-refractivity contribution is 7.21. The predicted molar refractivity (Wildman–Crippen MR) is 99.2 cm³/mol. The van der Waals surface area contributed by atoms with Crippen LogP contribution in [0.15, 0.2) is 18.2 Å². The molecule has 0 saturated heterocycles. The Morgan fingerprint density at radius 3 is 2.69 bits per heavy atom. The van der Waals surface area contributed by atoms with Crippen LogP contribution in [0.3, 0.4) is 0 Å². The molecule has 3 aromatic rings. The van der Waals surface area contributed by atoms with Crippen molar-refractivity contribution < 1.29 is 19.7 Å². The molecule has 0 aliphatic carbocycles. The highest BCUT2D eigenvalue weighted by Gasteiger charge is 2.30. The number of hydrogen-bond donors (Lipinski definition) is 4. The second-order valence-electron chi connectivity index (χ2n) is 6.21. The fraction of sp³-hybridized carbons (Fsp3) is 0.222. The summed E-state index contributed by atoms with van der Waals surface area (Å²) in [4.78, 5) is 18.5. The Balaban J connectivity index is 1.84. The van der Waals surface area contributed by atoms with Crippen LogP contribution in [0.1, 0.15) is 32.7 Å². The fourth-order valence-electron chi connectivity index (χ4n) is 3.22. The van der Waals surface area contributed by atoms with Crippen LogP contribution in [-0.4, -0.2) is 28.2 Å². The predicted octanol–water partition coefficient (Wildman–Crippen LogP) is 3.19. The number of thiophene rings is 1. The standard InChI is InChI=1S/C18H17N3O4S/c1-7-4-8(2)19-18-12(7)13-15(26-18)17(24)21-16(20-13)9-5-10(22)14(23)11(6-9)25-3/h4-6,16,20,22-23H,1-3H3,(H,21,24)/t16-/m0/s1. The number of nitrogens with one attached hydrogen (secondary N) is 2. The summed E-state index contributed by atoms with van der Waals surface area (Å²) in [6.45, 7) is 3.91. The number of anilines is 1. The summed E-state index contributed by atoms with van der Waals surface area (Å²) in [6, 6.07) is 4.94. The number of benzene rings is 1. The van der Waals surface area contributed by atoms with Gasteiger partial charge in [0.2, 0.25) is 5.75 Å². The molecule has 0 saturated carbocycles. The Kier molecular flexibility index (Phi) is 3.66. The number of phenolic OH excluding ortho intramolecular Hbond substituents is 2. The Bertz CT molecular complexity index is 1060. The molecule has 0 fully saturated rings. The highest BCUT2D eigenvalue weighted by Crippen LogP contribution is 2.43. The summed E-state index contributed by atoms with van der Waals surface area (Å²) in [7, 11) is 1.40. The summed E-state index contributed by atoms with van der Waals surface area (Å²) in [5.41, 5.74) is 3.24. The second-order valence-corrected chi connectivity index (χ2v) is 7.21. The molecule has 0 bridgehead atoms. The zero-order valence-electron chi connectivity index (χ0n) is 14.4. The van der Waals surface area contributed by atoms with Crippen LogP contribution in [0.25, 0.3) is 10.2 Å². The lowest BCUT2D eigenvalue weighted by Gasteiger charge is -2.27. The summed E-state index contributed by atoms with van der Waals surface area (Å²) < 4.78 is 5.08. The summed E-state index contributed by atoms with van der Waals surface area (Å²) >= 11 is 1.35. The van der Waals surface area contributed by atoms with Gasteiger partial charge in [-0.2, -0.15) is 0 Å². The molecule has 1 aliphatic rings. The molecule has 4 N–H and O–H groups in total. The minimum Gasteiger partial charge on any atom is -0.504 e. The van der Waals surface area contributed by atoms with Crippen molar-refractivity contribution in [2.75, 3.05) is 12.4 Å². The van der Waals surface area contributed by atoms with Crippen molar-refractivity contribution in [1.29, 1.82) is 0 Å². The zero-order valence-corrected chi connectivity index (χ0v) is 15.2. The molecule has 1 aliphatic heterocycles. The molecule has 1 amide bonds. The molecule has 2 aromatic heterocycles. The lowest BCUT2D eigenvalue weighted by molar-refractivity contribution is 0.0940. The number of aromatic hydroxyl groups is 2. The number of hydrogen-bond acceptors (Lipinski definition) is 7. The average molecular weight is 371 g/mol. The molecule has 8 heteroatoms. The van der Waals surface area contributed by atoms with Gasteiger partial charge in [0.1, 0.15) is 15.9 Å². The first-order chi connectivity index (χ1) is 12.4. The number of carbonyl (C=O) groups is 1. The van der Waals surface area contributed by atoms with Gasteiger partial charge in [-0.25, -0.2) is 4.98 Å². The lowest BCUT2D eigenvalue weighted by Crippen LogP contribution is -2.37. The van der Waals surface area contributed by atoms with Gasteiger partial charge >= 0.3 is 0 Å². The summed E-state index contributed by atoms with van der Waals surface area (Å²) in [5.74, 6) is -0.735. The topological polar surface area (TPSA) is 104 Å². The maximum absolute atomic E-state index is 12.6. The van der Waals surface area contributed by atoms with Gasteiger partial charge in [-0.05, 0) is 37.6 Å². The van der Waals surface area contributed by atoms with E-state index in [-0.39, 0.29) is 23.2 Å². The quantitative estimate of drug-likeness (QED) is 0.516. The molecule has 1 aromatic carbocycles. The molecule has 0 radical (unpaired) electrons. The van der Waals surface area contributed by atoms with E-state index >= 15 is 0 Å². The van der Waals surface area contributed by atoms with Crippen molar-refractivity contribution in [3.8, 4) is 17.2 Å². The number of ether oxygens (including phenoxy) is 1. The van der Waals surface area contributed by atoms with E-state index in [0.29, 0.717) is 10.4 Å². The van der Waals surface area contributed by atoms with Crippen molar-refractivity contribution in [2.45, 2.75) is 20.0 Å². The largest absolute Gasteiger partial charge is 0.504 e. The molecule has 0 unspecified atom stereocenters. The lowest BCUT2D eigenvalue weighted by atomic mass is 10.1. The number of carbonyl (C=O) groups excluding carboxylic acids is 1. The van der Waals surface area contributed by atoms with Crippen molar-refractivity contribution in [3.63, 3.8) is 0 Å². The monoisotopic (exact) mass is 371 g/mol. The number of amides is 1. The molecule has 26 heavy (non-hydrogen) atoms. The van der Waals surface area contributed by atoms with Crippen LogP contribution in [-0.2, 0) is 0 Å². The minimum atomic E-state index is -0.575. The molecule has 3 heterocycles. The van der Waals surface area contributed by atoms with E-state index in [1.54, 1.807) is 6.07 Å². The van der Waals surface area contributed by atoms with E-state index in [9.17, 15) is 15.0 Å².